The van der Waals surface area contributed by atoms with Crippen LogP contribution in [0.5, 0.6) is 5.88 Å². The number of nitrogens with zero attached hydrogens (tertiary/aromatic N) is 1. The van der Waals surface area contributed by atoms with Gasteiger partial charge in [-0.15, -0.1) is 0 Å². The van der Waals surface area contributed by atoms with Gasteiger partial charge < -0.3 is 14.8 Å². The maximum absolute atomic E-state index is 13.3. The number of halogens is 1. The van der Waals surface area contributed by atoms with Crippen molar-refractivity contribution in [2.75, 3.05) is 26.4 Å². The lowest BCUT2D eigenvalue weighted by Gasteiger charge is -2.12. The number of ether oxygens (including phenoxy) is 2. The highest BCUT2D eigenvalue weighted by Crippen LogP contribution is 2.16. The second kappa shape index (κ2) is 9.66. The van der Waals surface area contributed by atoms with E-state index in [-0.39, 0.29) is 5.82 Å². The normalized spacial score (nSPS) is 11.1. The van der Waals surface area contributed by atoms with Gasteiger partial charge in [-0.3, -0.25) is 0 Å². The summed E-state index contributed by atoms with van der Waals surface area (Å²) in [5, 5.41) is 3.26. The Labute approximate surface area is 120 Å². The maximum atomic E-state index is 13.3. The van der Waals surface area contributed by atoms with Gasteiger partial charge in [0.2, 0.25) is 5.88 Å². The molecule has 0 aliphatic heterocycles. The van der Waals surface area contributed by atoms with Crippen molar-refractivity contribution in [3.63, 3.8) is 0 Å². The zero-order valence-corrected chi connectivity index (χ0v) is 12.6. The molecule has 0 aromatic carbocycles. The Morgan fingerprint density at radius 1 is 1.30 bits per heavy atom. The Balaban J connectivity index is 2.47. The van der Waals surface area contributed by atoms with Crippen molar-refractivity contribution >= 4 is 0 Å². The van der Waals surface area contributed by atoms with E-state index < -0.39 is 0 Å². The molecule has 1 aromatic rings. The molecule has 0 fully saturated rings. The van der Waals surface area contributed by atoms with E-state index in [1.165, 1.54) is 12.3 Å². The van der Waals surface area contributed by atoms with Crippen LogP contribution in [0, 0.1) is 11.7 Å². The molecular formula is C15H25FN2O2. The largest absolute Gasteiger partial charge is 0.475 e. The lowest BCUT2D eigenvalue weighted by atomic mass is 10.2. The second-order valence-corrected chi connectivity index (χ2v) is 5.10. The summed E-state index contributed by atoms with van der Waals surface area (Å²) in [4.78, 5) is 4.00. The number of hydrogen-bond acceptors (Lipinski definition) is 4. The van der Waals surface area contributed by atoms with Crippen LogP contribution in [-0.4, -0.2) is 31.3 Å². The van der Waals surface area contributed by atoms with Crippen LogP contribution in [0.2, 0.25) is 0 Å². The van der Waals surface area contributed by atoms with Gasteiger partial charge in [-0.1, -0.05) is 20.8 Å². The van der Waals surface area contributed by atoms with Gasteiger partial charge in [0.25, 0.3) is 0 Å². The summed E-state index contributed by atoms with van der Waals surface area (Å²) in [6.07, 6.45) is 2.16. The number of rotatable bonds is 10. The van der Waals surface area contributed by atoms with Crippen LogP contribution in [0.4, 0.5) is 4.39 Å². The minimum Gasteiger partial charge on any atom is -0.475 e. The molecule has 114 valence electrons. The minimum atomic E-state index is -0.346. The van der Waals surface area contributed by atoms with Crippen LogP contribution in [0.3, 0.4) is 0 Å². The third kappa shape index (κ3) is 6.82. The minimum absolute atomic E-state index is 0.346. The van der Waals surface area contributed by atoms with Crippen LogP contribution in [-0.2, 0) is 11.3 Å². The molecule has 0 bridgehead atoms. The first-order valence-corrected chi connectivity index (χ1v) is 7.19. The van der Waals surface area contributed by atoms with Crippen molar-refractivity contribution in [1.29, 1.82) is 0 Å². The summed E-state index contributed by atoms with van der Waals surface area (Å²) in [7, 11) is 0. The van der Waals surface area contributed by atoms with E-state index in [1.807, 2.05) is 0 Å². The van der Waals surface area contributed by atoms with Crippen molar-refractivity contribution < 1.29 is 13.9 Å². The van der Waals surface area contributed by atoms with Crippen molar-refractivity contribution in [3.05, 3.63) is 23.6 Å². The summed E-state index contributed by atoms with van der Waals surface area (Å²) in [6.45, 7) is 9.40. The molecule has 0 aliphatic rings. The highest BCUT2D eigenvalue weighted by molar-refractivity contribution is 5.26. The van der Waals surface area contributed by atoms with Crippen LogP contribution >= 0.6 is 0 Å². The maximum Gasteiger partial charge on any atom is 0.218 e. The van der Waals surface area contributed by atoms with Crippen molar-refractivity contribution in [1.82, 2.24) is 10.3 Å². The van der Waals surface area contributed by atoms with Gasteiger partial charge in [0, 0.05) is 18.7 Å². The molecule has 1 N–H and O–H groups in total. The smallest absolute Gasteiger partial charge is 0.218 e. The first-order chi connectivity index (χ1) is 9.63. The summed E-state index contributed by atoms with van der Waals surface area (Å²) in [6, 6.07) is 1.46. The molecule has 0 atom stereocenters. The summed E-state index contributed by atoms with van der Waals surface area (Å²) >= 11 is 0. The SMILES string of the molecule is CCCOCCOc1ncc(F)cc1CNCC(C)C. The van der Waals surface area contributed by atoms with Crippen LogP contribution < -0.4 is 10.1 Å². The lowest BCUT2D eigenvalue weighted by Crippen LogP contribution is -2.20. The Hall–Kier alpha value is -1.20. The van der Waals surface area contributed by atoms with Gasteiger partial charge in [0.05, 0.1) is 12.8 Å². The van der Waals surface area contributed by atoms with Crippen LogP contribution in [0.1, 0.15) is 32.8 Å². The molecule has 5 heteroatoms. The fourth-order valence-electron chi connectivity index (χ4n) is 1.66. The average molecular weight is 284 g/mol. The number of pyridine rings is 1. The van der Waals surface area contributed by atoms with E-state index in [0.717, 1.165) is 25.1 Å². The van der Waals surface area contributed by atoms with Gasteiger partial charge in [0.1, 0.15) is 12.4 Å². The van der Waals surface area contributed by atoms with Crippen molar-refractivity contribution in [2.45, 2.75) is 33.7 Å². The molecular weight excluding hydrogens is 259 g/mol. The highest BCUT2D eigenvalue weighted by atomic mass is 19.1. The first-order valence-electron chi connectivity index (χ1n) is 7.19. The summed E-state index contributed by atoms with van der Waals surface area (Å²) in [5.74, 6) is 0.673. The molecule has 1 rings (SSSR count). The Morgan fingerprint density at radius 3 is 2.80 bits per heavy atom. The predicted molar refractivity (Wildman–Crippen MR) is 77.3 cm³/mol. The van der Waals surface area contributed by atoms with Crippen molar-refractivity contribution in [2.24, 2.45) is 5.92 Å². The second-order valence-electron chi connectivity index (χ2n) is 5.10. The fourth-order valence-corrected chi connectivity index (χ4v) is 1.66. The fraction of sp³-hybridized carbons (Fsp3) is 0.667. The Kier molecular flexibility index (Phi) is 8.14. The molecule has 0 saturated heterocycles. The Morgan fingerprint density at radius 2 is 2.10 bits per heavy atom. The summed E-state index contributed by atoms with van der Waals surface area (Å²) < 4.78 is 24.1. The van der Waals surface area contributed by atoms with E-state index in [1.54, 1.807) is 0 Å². The molecule has 20 heavy (non-hydrogen) atoms. The van der Waals surface area contributed by atoms with E-state index >= 15 is 0 Å². The number of nitrogens with one attached hydrogen (secondary N) is 1. The first kappa shape index (κ1) is 16.9. The molecule has 0 aliphatic carbocycles. The monoisotopic (exact) mass is 284 g/mol. The van der Waals surface area contributed by atoms with Gasteiger partial charge >= 0.3 is 0 Å². The zero-order valence-electron chi connectivity index (χ0n) is 12.6. The van der Waals surface area contributed by atoms with Gasteiger partial charge in [-0.2, -0.15) is 0 Å². The molecule has 0 saturated carbocycles. The quantitative estimate of drug-likeness (QED) is 0.671. The van der Waals surface area contributed by atoms with Crippen LogP contribution in [0.25, 0.3) is 0 Å². The van der Waals surface area contributed by atoms with Gasteiger partial charge in [0.15, 0.2) is 0 Å². The molecule has 1 heterocycles. The molecule has 0 radical (unpaired) electrons. The summed E-state index contributed by atoms with van der Waals surface area (Å²) in [5.41, 5.74) is 0.737. The molecule has 4 nitrogen and oxygen atoms in total. The molecule has 0 unspecified atom stereocenters. The lowest BCUT2D eigenvalue weighted by molar-refractivity contribution is 0.0985. The van der Waals surface area contributed by atoms with E-state index in [0.29, 0.717) is 31.6 Å². The predicted octanol–water partition coefficient (Wildman–Crippen LogP) is 2.77. The average Bonchev–Trinajstić information content (AvgIpc) is 2.40. The third-order valence-corrected chi connectivity index (χ3v) is 2.57. The zero-order chi connectivity index (χ0) is 14.8. The molecule has 0 amide bonds. The Bertz CT molecular complexity index is 386. The molecule has 1 aromatic heterocycles. The molecule has 0 spiro atoms. The van der Waals surface area contributed by atoms with Crippen LogP contribution in [0.15, 0.2) is 12.3 Å². The number of aromatic nitrogens is 1. The standard InChI is InChI=1S/C15H25FN2O2/c1-4-5-19-6-7-20-15-13(8-14(16)11-18-15)10-17-9-12(2)3/h8,11-12,17H,4-7,9-10H2,1-3H3. The third-order valence-electron chi connectivity index (χ3n) is 2.57. The van der Waals surface area contributed by atoms with E-state index in [9.17, 15) is 4.39 Å². The van der Waals surface area contributed by atoms with Crippen molar-refractivity contribution in [3.8, 4) is 5.88 Å². The van der Waals surface area contributed by atoms with E-state index in [4.69, 9.17) is 9.47 Å². The van der Waals surface area contributed by atoms with E-state index in [2.05, 4.69) is 31.1 Å². The number of hydrogen-bond donors (Lipinski definition) is 1. The highest BCUT2D eigenvalue weighted by Gasteiger charge is 2.07. The topological polar surface area (TPSA) is 43.4 Å². The van der Waals surface area contributed by atoms with Gasteiger partial charge in [-0.25, -0.2) is 9.37 Å². The van der Waals surface area contributed by atoms with Gasteiger partial charge in [-0.05, 0) is 24.9 Å².